The highest BCUT2D eigenvalue weighted by atomic mass is 16.6. The van der Waals surface area contributed by atoms with Gasteiger partial charge in [0.1, 0.15) is 6.61 Å². The molecule has 3 heteroatoms. The molecular formula is C5H9NO2. The number of hydrogen-bond donors (Lipinski definition) is 0. The van der Waals surface area contributed by atoms with E-state index in [0.717, 1.165) is 0 Å². The Hall–Kier alpha value is -0.570. The summed E-state index contributed by atoms with van der Waals surface area (Å²) in [5.74, 6) is 0.375. The molecule has 1 aliphatic heterocycles. The Morgan fingerprint density at radius 3 is 3.38 bits per heavy atom. The van der Waals surface area contributed by atoms with Crippen LogP contribution in [0.25, 0.3) is 0 Å². The van der Waals surface area contributed by atoms with E-state index in [1.165, 1.54) is 0 Å². The van der Waals surface area contributed by atoms with Crippen LogP contribution in [0.1, 0.15) is 0 Å². The van der Waals surface area contributed by atoms with Crippen LogP contribution in [0.2, 0.25) is 0 Å². The van der Waals surface area contributed by atoms with Crippen molar-refractivity contribution in [1.29, 1.82) is 0 Å². The lowest BCUT2D eigenvalue weighted by Gasteiger charge is -1.99. The minimum absolute atomic E-state index is 0.375. The first kappa shape index (κ1) is 5.56. The fourth-order valence-corrected chi connectivity index (χ4v) is 0.616. The van der Waals surface area contributed by atoms with Gasteiger partial charge < -0.3 is 9.57 Å². The molecule has 46 valence electrons. The van der Waals surface area contributed by atoms with Crippen molar-refractivity contribution in [1.82, 2.24) is 0 Å². The Bertz CT molecular complexity index is 92.4. The zero-order valence-electron chi connectivity index (χ0n) is 4.83. The summed E-state index contributed by atoms with van der Waals surface area (Å²) in [7, 11) is 1.67. The molecule has 0 aliphatic carbocycles. The standard InChI is InChI=1S/C5H9NO2/c1-7-3-5-2-6-8-4-5/h2,5H,3-4H2,1H3. The molecule has 0 radical (unpaired) electrons. The first-order valence-corrected chi connectivity index (χ1v) is 2.58. The van der Waals surface area contributed by atoms with Crippen LogP contribution in [-0.2, 0) is 9.57 Å². The van der Waals surface area contributed by atoms with E-state index in [1.54, 1.807) is 13.3 Å². The fourth-order valence-electron chi connectivity index (χ4n) is 0.616. The van der Waals surface area contributed by atoms with Gasteiger partial charge in [-0.15, -0.1) is 0 Å². The van der Waals surface area contributed by atoms with Crippen molar-refractivity contribution in [2.45, 2.75) is 0 Å². The van der Waals surface area contributed by atoms with E-state index in [1.807, 2.05) is 0 Å². The van der Waals surface area contributed by atoms with Gasteiger partial charge in [0.15, 0.2) is 0 Å². The number of ether oxygens (including phenoxy) is 1. The van der Waals surface area contributed by atoms with Crippen molar-refractivity contribution in [3.63, 3.8) is 0 Å². The average molecular weight is 115 g/mol. The molecule has 1 unspecified atom stereocenters. The minimum Gasteiger partial charge on any atom is -0.395 e. The Morgan fingerprint density at radius 1 is 2.00 bits per heavy atom. The molecular weight excluding hydrogens is 106 g/mol. The van der Waals surface area contributed by atoms with E-state index >= 15 is 0 Å². The van der Waals surface area contributed by atoms with Crippen LogP contribution in [0, 0.1) is 5.92 Å². The first-order valence-electron chi connectivity index (χ1n) is 2.58. The van der Waals surface area contributed by atoms with Gasteiger partial charge in [0.05, 0.1) is 18.7 Å². The van der Waals surface area contributed by atoms with Gasteiger partial charge in [-0.2, -0.15) is 0 Å². The number of hydrogen-bond acceptors (Lipinski definition) is 3. The summed E-state index contributed by atoms with van der Waals surface area (Å²) in [6, 6.07) is 0. The third-order valence-corrected chi connectivity index (χ3v) is 1.02. The van der Waals surface area contributed by atoms with Crippen molar-refractivity contribution in [2.24, 2.45) is 11.1 Å². The van der Waals surface area contributed by atoms with Gasteiger partial charge in [0, 0.05) is 7.11 Å². The SMILES string of the molecule is COCC1C=NOC1. The van der Waals surface area contributed by atoms with Gasteiger partial charge in [-0.05, 0) is 0 Å². The molecule has 0 saturated carbocycles. The van der Waals surface area contributed by atoms with Crippen LogP contribution in [0.3, 0.4) is 0 Å². The average Bonchev–Trinajstić information content (AvgIpc) is 2.19. The lowest BCUT2D eigenvalue weighted by Crippen LogP contribution is -2.09. The first-order chi connectivity index (χ1) is 3.93. The maximum absolute atomic E-state index is 4.85. The van der Waals surface area contributed by atoms with Crippen LogP contribution in [0.4, 0.5) is 0 Å². The molecule has 0 aromatic heterocycles. The molecule has 1 atom stereocenters. The number of rotatable bonds is 2. The Kier molecular flexibility index (Phi) is 1.86. The largest absolute Gasteiger partial charge is 0.395 e. The maximum Gasteiger partial charge on any atom is 0.127 e. The monoisotopic (exact) mass is 115 g/mol. The van der Waals surface area contributed by atoms with E-state index in [4.69, 9.17) is 9.57 Å². The molecule has 1 heterocycles. The van der Waals surface area contributed by atoms with Gasteiger partial charge in [0.25, 0.3) is 0 Å². The normalized spacial score (nSPS) is 25.9. The maximum atomic E-state index is 4.85. The summed E-state index contributed by atoms with van der Waals surface area (Å²) in [5, 5.41) is 3.58. The molecule has 1 aliphatic rings. The zero-order chi connectivity index (χ0) is 5.82. The summed E-state index contributed by atoms with van der Waals surface area (Å²) in [6.07, 6.45) is 1.77. The molecule has 0 amide bonds. The quantitative estimate of drug-likeness (QED) is 0.517. The zero-order valence-corrected chi connectivity index (χ0v) is 4.83. The van der Waals surface area contributed by atoms with E-state index in [0.29, 0.717) is 19.1 Å². The topological polar surface area (TPSA) is 30.8 Å². The molecule has 0 spiro atoms. The second kappa shape index (κ2) is 2.67. The highest BCUT2D eigenvalue weighted by Gasteiger charge is 2.10. The second-order valence-electron chi connectivity index (χ2n) is 1.77. The molecule has 0 aromatic carbocycles. The highest BCUT2D eigenvalue weighted by molar-refractivity contribution is 5.61. The minimum atomic E-state index is 0.375. The summed E-state index contributed by atoms with van der Waals surface area (Å²) < 4.78 is 4.85. The van der Waals surface area contributed by atoms with Crippen LogP contribution < -0.4 is 0 Å². The van der Waals surface area contributed by atoms with Crippen molar-refractivity contribution >= 4 is 6.21 Å². The van der Waals surface area contributed by atoms with Gasteiger partial charge in [-0.1, -0.05) is 5.16 Å². The van der Waals surface area contributed by atoms with Gasteiger partial charge in [-0.25, -0.2) is 0 Å². The molecule has 3 nitrogen and oxygen atoms in total. The molecule has 1 rings (SSSR count). The van der Waals surface area contributed by atoms with E-state index in [9.17, 15) is 0 Å². The molecule has 0 saturated heterocycles. The molecule has 8 heavy (non-hydrogen) atoms. The van der Waals surface area contributed by atoms with Gasteiger partial charge >= 0.3 is 0 Å². The van der Waals surface area contributed by atoms with Crippen LogP contribution in [-0.4, -0.2) is 26.5 Å². The van der Waals surface area contributed by atoms with E-state index in [-0.39, 0.29) is 0 Å². The van der Waals surface area contributed by atoms with Crippen LogP contribution >= 0.6 is 0 Å². The molecule has 0 aromatic rings. The predicted molar refractivity (Wildman–Crippen MR) is 29.8 cm³/mol. The van der Waals surface area contributed by atoms with Crippen molar-refractivity contribution < 1.29 is 9.57 Å². The summed E-state index contributed by atoms with van der Waals surface area (Å²) in [5.41, 5.74) is 0. The lowest BCUT2D eigenvalue weighted by atomic mass is 10.2. The Labute approximate surface area is 48.3 Å². The predicted octanol–water partition coefficient (Wildman–Crippen LogP) is 0.265. The number of methoxy groups -OCH3 is 1. The van der Waals surface area contributed by atoms with Crippen LogP contribution in [0.5, 0.6) is 0 Å². The Balaban J connectivity index is 2.16. The van der Waals surface area contributed by atoms with E-state index in [2.05, 4.69) is 5.16 Å². The fraction of sp³-hybridized carbons (Fsp3) is 0.800. The van der Waals surface area contributed by atoms with Crippen molar-refractivity contribution in [3.05, 3.63) is 0 Å². The highest BCUT2D eigenvalue weighted by Crippen LogP contribution is 2.01. The summed E-state index contributed by atoms with van der Waals surface area (Å²) >= 11 is 0. The van der Waals surface area contributed by atoms with Crippen molar-refractivity contribution in [3.8, 4) is 0 Å². The van der Waals surface area contributed by atoms with Crippen molar-refractivity contribution in [2.75, 3.05) is 20.3 Å². The number of nitrogens with zero attached hydrogens (tertiary/aromatic N) is 1. The third kappa shape index (κ3) is 1.20. The van der Waals surface area contributed by atoms with Gasteiger partial charge in [-0.3, -0.25) is 0 Å². The smallest absolute Gasteiger partial charge is 0.127 e. The number of oxime groups is 1. The summed E-state index contributed by atoms with van der Waals surface area (Å²) in [6.45, 7) is 1.39. The molecule has 0 bridgehead atoms. The molecule has 0 fully saturated rings. The third-order valence-electron chi connectivity index (χ3n) is 1.02. The lowest BCUT2D eigenvalue weighted by molar-refractivity contribution is 0.112. The van der Waals surface area contributed by atoms with Gasteiger partial charge in [0.2, 0.25) is 0 Å². The summed E-state index contributed by atoms with van der Waals surface area (Å²) in [4.78, 5) is 4.70. The Morgan fingerprint density at radius 2 is 2.88 bits per heavy atom. The molecule has 0 N–H and O–H groups in total. The second-order valence-corrected chi connectivity index (χ2v) is 1.77. The van der Waals surface area contributed by atoms with Crippen LogP contribution in [0.15, 0.2) is 5.16 Å². The van der Waals surface area contributed by atoms with E-state index < -0.39 is 0 Å².